The molecule has 35 heavy (non-hydrogen) atoms. The minimum atomic E-state index is -3.32. The predicted molar refractivity (Wildman–Crippen MR) is 132 cm³/mol. The zero-order valence-electron chi connectivity index (χ0n) is 18.9. The number of hydrogen-bond donors (Lipinski definition) is 2. The van der Waals surface area contributed by atoms with E-state index >= 15 is 0 Å². The van der Waals surface area contributed by atoms with Crippen LogP contribution in [0, 0.1) is 5.82 Å². The van der Waals surface area contributed by atoms with Crippen LogP contribution in [-0.4, -0.2) is 44.4 Å². The van der Waals surface area contributed by atoms with E-state index in [-0.39, 0.29) is 10.7 Å². The first-order valence-corrected chi connectivity index (χ1v) is 13.7. The lowest BCUT2D eigenvalue weighted by atomic mass is 10.1. The largest absolute Gasteiger partial charge is 0.361 e. The fraction of sp³-hybridized carbons (Fsp3) is 0.208. The van der Waals surface area contributed by atoms with Crippen molar-refractivity contribution in [1.82, 2.24) is 29.7 Å². The maximum Gasteiger partial charge on any atom is 0.196 e. The molecule has 0 amide bonds. The Balaban J connectivity index is 1.45. The Morgan fingerprint density at radius 3 is 2.80 bits per heavy atom. The average molecular weight is 511 g/mol. The van der Waals surface area contributed by atoms with Gasteiger partial charge in [0.15, 0.2) is 15.0 Å². The molecule has 2 aromatic carbocycles. The lowest BCUT2D eigenvalue weighted by Crippen LogP contribution is -2.07. The Hall–Kier alpha value is -3.44. The van der Waals surface area contributed by atoms with Gasteiger partial charge in [-0.1, -0.05) is 6.07 Å². The summed E-state index contributed by atoms with van der Waals surface area (Å²) in [5.41, 5.74) is 2.83. The molecule has 5 aromatic rings. The second-order valence-corrected chi connectivity index (χ2v) is 11.3. The lowest BCUT2D eigenvalue weighted by Gasteiger charge is -2.10. The third-order valence-electron chi connectivity index (χ3n) is 5.70. The summed E-state index contributed by atoms with van der Waals surface area (Å²) < 4.78 is 39.9. The lowest BCUT2D eigenvalue weighted by molar-refractivity contribution is 0.572. The molecule has 0 unspecified atom stereocenters. The topological polar surface area (TPSA) is 109 Å². The molecule has 0 bridgehead atoms. The standard InChI is InChI=1S/C24H23FN6O2S2/c1-35(32,33)20-6-2-5-19(12-20)34-24-30-29-23(31(24)9-3-4-18-14-26-15-28-18)10-16-13-27-22-8-7-17(25)11-21(16)22/h2,5-8,11-15,27H,3-4,9-10H2,1H3,(H,26,28). The van der Waals surface area contributed by atoms with E-state index in [1.807, 2.05) is 16.8 Å². The van der Waals surface area contributed by atoms with E-state index in [9.17, 15) is 12.8 Å². The number of benzene rings is 2. The number of halogens is 1. The van der Waals surface area contributed by atoms with Crippen molar-refractivity contribution in [2.75, 3.05) is 6.26 Å². The number of nitrogens with zero attached hydrogens (tertiary/aromatic N) is 4. The summed E-state index contributed by atoms with van der Waals surface area (Å²) in [5, 5.41) is 10.3. The van der Waals surface area contributed by atoms with Gasteiger partial charge in [-0.15, -0.1) is 10.2 Å². The van der Waals surface area contributed by atoms with Gasteiger partial charge in [-0.3, -0.25) is 0 Å². The molecule has 0 saturated heterocycles. The molecule has 11 heteroatoms. The molecular formula is C24H23FN6O2S2. The van der Waals surface area contributed by atoms with Crippen molar-refractivity contribution in [2.24, 2.45) is 0 Å². The Morgan fingerprint density at radius 2 is 2.00 bits per heavy atom. The van der Waals surface area contributed by atoms with Gasteiger partial charge in [-0.05, 0) is 66.6 Å². The molecule has 0 aliphatic rings. The summed E-state index contributed by atoms with van der Waals surface area (Å²) in [5.74, 6) is 0.461. The molecular weight excluding hydrogens is 487 g/mol. The third-order valence-corrected chi connectivity index (χ3v) is 7.78. The van der Waals surface area contributed by atoms with Crippen LogP contribution < -0.4 is 0 Å². The number of aryl methyl sites for hydroxylation is 1. The van der Waals surface area contributed by atoms with Crippen molar-refractivity contribution in [3.05, 3.63) is 84.1 Å². The Morgan fingerprint density at radius 1 is 1.11 bits per heavy atom. The molecule has 3 heterocycles. The highest BCUT2D eigenvalue weighted by Gasteiger charge is 2.17. The quantitative estimate of drug-likeness (QED) is 0.304. The minimum Gasteiger partial charge on any atom is -0.361 e. The second kappa shape index (κ2) is 9.67. The van der Waals surface area contributed by atoms with Gasteiger partial charge in [-0.25, -0.2) is 17.8 Å². The summed E-state index contributed by atoms with van der Waals surface area (Å²) in [6.07, 6.45) is 8.64. The van der Waals surface area contributed by atoms with Crippen LogP contribution in [0.4, 0.5) is 4.39 Å². The Kier molecular flexibility index (Phi) is 6.44. The van der Waals surface area contributed by atoms with Crippen molar-refractivity contribution in [1.29, 1.82) is 0 Å². The number of imidazole rings is 1. The van der Waals surface area contributed by atoms with Crippen molar-refractivity contribution in [2.45, 2.75) is 40.8 Å². The van der Waals surface area contributed by atoms with Crippen LogP contribution in [0.25, 0.3) is 10.9 Å². The minimum absolute atomic E-state index is 0.258. The molecule has 0 aliphatic heterocycles. The highest BCUT2D eigenvalue weighted by atomic mass is 32.2. The van der Waals surface area contributed by atoms with Crippen molar-refractivity contribution in [3.8, 4) is 0 Å². The van der Waals surface area contributed by atoms with Gasteiger partial charge in [-0.2, -0.15) is 0 Å². The van der Waals surface area contributed by atoms with E-state index in [1.54, 1.807) is 36.8 Å². The fourth-order valence-electron chi connectivity index (χ4n) is 3.94. The van der Waals surface area contributed by atoms with Gasteiger partial charge in [0.05, 0.1) is 11.2 Å². The van der Waals surface area contributed by atoms with E-state index in [2.05, 4.69) is 25.1 Å². The molecule has 0 spiro atoms. The molecule has 8 nitrogen and oxygen atoms in total. The van der Waals surface area contributed by atoms with Gasteiger partial charge < -0.3 is 14.5 Å². The first kappa shape index (κ1) is 23.3. The van der Waals surface area contributed by atoms with Crippen LogP contribution in [0.5, 0.6) is 0 Å². The zero-order chi connectivity index (χ0) is 24.4. The third kappa shape index (κ3) is 5.30. The maximum absolute atomic E-state index is 13.9. The van der Waals surface area contributed by atoms with E-state index in [1.165, 1.54) is 30.2 Å². The molecule has 0 radical (unpaired) electrons. The SMILES string of the molecule is CS(=O)(=O)c1cccc(Sc2nnc(Cc3c[nH]c4ccc(F)cc34)n2CCCc2cnc[nH]2)c1. The molecule has 0 saturated carbocycles. The van der Waals surface area contributed by atoms with E-state index in [0.29, 0.717) is 18.1 Å². The molecule has 2 N–H and O–H groups in total. The van der Waals surface area contributed by atoms with Gasteiger partial charge in [0.1, 0.15) is 11.6 Å². The summed E-state index contributed by atoms with van der Waals surface area (Å²) in [6.45, 7) is 0.659. The second-order valence-electron chi connectivity index (χ2n) is 8.26. The van der Waals surface area contributed by atoms with Crippen molar-refractivity contribution >= 4 is 32.5 Å². The summed E-state index contributed by atoms with van der Waals surface area (Å²) in [4.78, 5) is 11.4. The van der Waals surface area contributed by atoms with Crippen LogP contribution >= 0.6 is 11.8 Å². The number of H-pyrrole nitrogens is 2. The molecule has 3 aromatic heterocycles. The number of hydrogen-bond acceptors (Lipinski definition) is 6. The van der Waals surface area contributed by atoms with Crippen LogP contribution in [0.15, 0.2) is 76.1 Å². The summed E-state index contributed by atoms with van der Waals surface area (Å²) >= 11 is 1.37. The number of aromatic amines is 2. The van der Waals surface area contributed by atoms with Crippen LogP contribution in [0.3, 0.4) is 0 Å². The molecule has 180 valence electrons. The maximum atomic E-state index is 13.9. The monoisotopic (exact) mass is 510 g/mol. The highest BCUT2D eigenvalue weighted by molar-refractivity contribution is 7.99. The van der Waals surface area contributed by atoms with Crippen molar-refractivity contribution < 1.29 is 12.8 Å². The number of sulfone groups is 1. The first-order valence-electron chi connectivity index (χ1n) is 11.0. The highest BCUT2D eigenvalue weighted by Crippen LogP contribution is 2.30. The number of nitrogens with one attached hydrogen (secondary N) is 2. The van der Waals surface area contributed by atoms with E-state index in [4.69, 9.17) is 0 Å². The average Bonchev–Trinajstić information content (AvgIpc) is 3.56. The van der Waals surface area contributed by atoms with Gasteiger partial charge in [0, 0.05) is 53.1 Å². The Labute approximate surface area is 205 Å². The van der Waals surface area contributed by atoms with Crippen LogP contribution in [0.1, 0.15) is 23.5 Å². The van der Waals surface area contributed by atoms with Gasteiger partial charge >= 0.3 is 0 Å². The fourth-order valence-corrected chi connectivity index (χ4v) is 5.61. The predicted octanol–water partition coefficient (Wildman–Crippen LogP) is 4.40. The van der Waals surface area contributed by atoms with Crippen molar-refractivity contribution in [3.63, 3.8) is 0 Å². The molecule has 5 rings (SSSR count). The molecule has 0 aliphatic carbocycles. The molecule has 0 atom stereocenters. The Bertz CT molecular complexity index is 1570. The number of aromatic nitrogens is 6. The van der Waals surface area contributed by atoms with Crippen LogP contribution in [-0.2, 0) is 29.2 Å². The van der Waals surface area contributed by atoms with Gasteiger partial charge in [0.2, 0.25) is 0 Å². The van der Waals surface area contributed by atoms with Crippen LogP contribution in [0.2, 0.25) is 0 Å². The van der Waals surface area contributed by atoms with Gasteiger partial charge in [0.25, 0.3) is 0 Å². The normalized spacial score (nSPS) is 11.9. The molecule has 0 fully saturated rings. The number of rotatable bonds is 9. The van der Waals surface area contributed by atoms with E-state index < -0.39 is 9.84 Å². The zero-order valence-corrected chi connectivity index (χ0v) is 20.5. The van der Waals surface area contributed by atoms with E-state index in [0.717, 1.165) is 45.7 Å². The number of fused-ring (bicyclic) bond motifs is 1. The summed E-state index contributed by atoms with van der Waals surface area (Å²) in [7, 11) is -3.32. The first-order chi connectivity index (χ1) is 16.9. The smallest absolute Gasteiger partial charge is 0.196 e. The summed E-state index contributed by atoms with van der Waals surface area (Å²) in [6, 6.07) is 11.5.